The summed E-state index contributed by atoms with van der Waals surface area (Å²) in [7, 11) is 1.73. The first-order valence-corrected chi connectivity index (χ1v) is 9.60. The average Bonchev–Trinajstić information content (AvgIpc) is 3.00. The number of hydrogen-bond donors (Lipinski definition) is 1. The number of hydrogen-bond acceptors (Lipinski definition) is 2. The molecular formula is C24H25BNO2. The van der Waals surface area contributed by atoms with Gasteiger partial charge in [0.2, 0.25) is 0 Å². The number of fused-ring (bicyclic) bond motifs is 3. The van der Waals surface area contributed by atoms with Crippen LogP contribution in [0.15, 0.2) is 72.8 Å². The first-order chi connectivity index (χ1) is 13.3. The van der Waals surface area contributed by atoms with Gasteiger partial charge in [-0.2, -0.15) is 0 Å². The van der Waals surface area contributed by atoms with Crippen molar-refractivity contribution in [2.45, 2.75) is 38.9 Å². The zero-order valence-electron chi connectivity index (χ0n) is 16.8. The summed E-state index contributed by atoms with van der Waals surface area (Å²) in [5.74, 6) is 0. The van der Waals surface area contributed by atoms with Crippen molar-refractivity contribution in [3.05, 3.63) is 72.8 Å². The van der Waals surface area contributed by atoms with Gasteiger partial charge in [0, 0.05) is 16.5 Å². The topological polar surface area (TPSA) is 34.4 Å². The molecule has 0 fully saturated rings. The molecule has 28 heavy (non-hydrogen) atoms. The maximum atomic E-state index is 10.3. The zero-order chi connectivity index (χ0) is 19.9. The molecule has 0 aliphatic heterocycles. The van der Waals surface area contributed by atoms with Gasteiger partial charge in [-0.1, -0.05) is 54.0 Å². The lowest BCUT2D eigenvalue weighted by atomic mass is 9.82. The van der Waals surface area contributed by atoms with E-state index in [4.69, 9.17) is 4.65 Å². The van der Waals surface area contributed by atoms with Crippen LogP contribution < -0.4 is 5.46 Å². The summed E-state index contributed by atoms with van der Waals surface area (Å²) in [5, 5.41) is 12.8. The number of benzene rings is 3. The first-order valence-electron chi connectivity index (χ1n) is 9.60. The minimum atomic E-state index is -0.950. The van der Waals surface area contributed by atoms with Crippen molar-refractivity contribution in [3.63, 3.8) is 0 Å². The molecule has 1 N–H and O–H groups in total. The van der Waals surface area contributed by atoms with Crippen LogP contribution in [0.5, 0.6) is 0 Å². The van der Waals surface area contributed by atoms with Crippen molar-refractivity contribution in [1.29, 1.82) is 0 Å². The summed E-state index contributed by atoms with van der Waals surface area (Å²) in [6, 6.07) is 25.2. The van der Waals surface area contributed by atoms with Gasteiger partial charge in [-0.3, -0.25) is 0 Å². The highest BCUT2D eigenvalue weighted by molar-refractivity contribution is 6.47. The SMILES string of the molecule is CC(C)(O)C(C)(C)O[B]c1cccc(-n2c3ccccc3c3ccccc32)c1. The molecule has 0 bridgehead atoms. The lowest BCUT2D eigenvalue weighted by molar-refractivity contribution is -0.0893. The van der Waals surface area contributed by atoms with E-state index in [1.807, 2.05) is 26.0 Å². The normalized spacial score (nSPS) is 12.6. The second-order valence-corrected chi connectivity index (χ2v) is 8.27. The Balaban J connectivity index is 1.76. The molecule has 0 aliphatic carbocycles. The Morgan fingerprint density at radius 1 is 0.786 bits per heavy atom. The van der Waals surface area contributed by atoms with Crippen LogP contribution in [0.4, 0.5) is 0 Å². The molecule has 0 spiro atoms. The second kappa shape index (κ2) is 6.80. The largest absolute Gasteiger partial charge is 0.427 e. The molecule has 0 amide bonds. The van der Waals surface area contributed by atoms with Gasteiger partial charge in [0.15, 0.2) is 0 Å². The van der Waals surface area contributed by atoms with Gasteiger partial charge < -0.3 is 14.3 Å². The van der Waals surface area contributed by atoms with E-state index < -0.39 is 11.2 Å². The highest BCUT2D eigenvalue weighted by Crippen LogP contribution is 2.31. The molecule has 141 valence electrons. The van der Waals surface area contributed by atoms with E-state index in [1.165, 1.54) is 21.8 Å². The van der Waals surface area contributed by atoms with Crippen molar-refractivity contribution < 1.29 is 9.76 Å². The third-order valence-electron chi connectivity index (χ3n) is 5.67. The van der Waals surface area contributed by atoms with Crippen molar-refractivity contribution >= 4 is 34.8 Å². The van der Waals surface area contributed by atoms with Crippen molar-refractivity contribution in [3.8, 4) is 5.69 Å². The van der Waals surface area contributed by atoms with Crippen LogP contribution in [0.2, 0.25) is 0 Å². The molecule has 0 saturated carbocycles. The van der Waals surface area contributed by atoms with Gasteiger partial charge in [-0.05, 0) is 52.0 Å². The molecule has 4 aromatic rings. The fourth-order valence-electron chi connectivity index (χ4n) is 3.30. The zero-order valence-corrected chi connectivity index (χ0v) is 16.8. The van der Waals surface area contributed by atoms with Gasteiger partial charge in [0.05, 0.1) is 22.2 Å². The van der Waals surface area contributed by atoms with Crippen LogP contribution in [0, 0.1) is 0 Å². The molecular weight excluding hydrogens is 345 g/mol. The Morgan fingerprint density at radius 3 is 1.93 bits per heavy atom. The molecule has 1 aromatic heterocycles. The van der Waals surface area contributed by atoms with Crippen LogP contribution in [0.25, 0.3) is 27.5 Å². The Bertz CT molecular complexity index is 1080. The number of rotatable bonds is 5. The average molecular weight is 370 g/mol. The van der Waals surface area contributed by atoms with E-state index in [9.17, 15) is 5.11 Å². The van der Waals surface area contributed by atoms with E-state index in [2.05, 4.69) is 65.2 Å². The van der Waals surface area contributed by atoms with Gasteiger partial charge in [-0.25, -0.2) is 0 Å². The predicted octanol–water partition coefficient (Wildman–Crippen LogP) is 4.59. The van der Waals surface area contributed by atoms with Gasteiger partial charge in [0.1, 0.15) is 0 Å². The van der Waals surface area contributed by atoms with E-state index in [0.717, 1.165) is 11.2 Å². The minimum Gasteiger partial charge on any atom is -0.427 e. The van der Waals surface area contributed by atoms with Crippen LogP contribution in [-0.2, 0) is 4.65 Å². The fourth-order valence-corrected chi connectivity index (χ4v) is 3.30. The summed E-state index contributed by atoms with van der Waals surface area (Å²) in [6.07, 6.45) is 0. The molecule has 1 heterocycles. The number of nitrogens with zero attached hydrogens (tertiary/aromatic N) is 1. The molecule has 1 radical (unpaired) electrons. The lowest BCUT2D eigenvalue weighted by Gasteiger charge is -2.37. The first kappa shape index (κ1) is 18.8. The van der Waals surface area contributed by atoms with E-state index >= 15 is 0 Å². The van der Waals surface area contributed by atoms with Gasteiger partial charge >= 0.3 is 7.48 Å². The third-order valence-corrected chi connectivity index (χ3v) is 5.67. The molecule has 4 heteroatoms. The molecule has 0 aliphatic rings. The van der Waals surface area contributed by atoms with E-state index in [-0.39, 0.29) is 0 Å². The smallest absolute Gasteiger partial charge is 0.330 e. The maximum Gasteiger partial charge on any atom is 0.330 e. The summed E-state index contributed by atoms with van der Waals surface area (Å²) in [4.78, 5) is 0. The quantitative estimate of drug-likeness (QED) is 0.521. The lowest BCUT2D eigenvalue weighted by Crippen LogP contribution is -2.49. The Morgan fingerprint density at radius 2 is 1.36 bits per heavy atom. The number of aliphatic hydroxyl groups is 1. The van der Waals surface area contributed by atoms with Crippen LogP contribution in [-0.4, -0.2) is 28.4 Å². The predicted molar refractivity (Wildman–Crippen MR) is 118 cm³/mol. The second-order valence-electron chi connectivity index (χ2n) is 8.27. The fraction of sp³-hybridized carbons (Fsp3) is 0.250. The molecule has 3 nitrogen and oxygen atoms in total. The third kappa shape index (κ3) is 3.23. The summed E-state index contributed by atoms with van der Waals surface area (Å²) in [6.45, 7) is 7.30. The summed E-state index contributed by atoms with van der Waals surface area (Å²) < 4.78 is 8.22. The van der Waals surface area contributed by atoms with Crippen LogP contribution >= 0.6 is 0 Å². The van der Waals surface area contributed by atoms with E-state index in [0.29, 0.717) is 0 Å². The van der Waals surface area contributed by atoms with Gasteiger partial charge in [-0.15, -0.1) is 0 Å². The number of aromatic nitrogens is 1. The standard InChI is InChI=1S/C24H25BNO2/c1-23(2,27)24(3,4)28-25-17-10-9-11-18(16-17)26-21-14-7-5-12-19(21)20-13-6-8-15-22(20)26/h5-16,27H,1-4H3. The molecule has 0 saturated heterocycles. The van der Waals surface area contributed by atoms with Crippen molar-refractivity contribution in [2.24, 2.45) is 0 Å². The van der Waals surface area contributed by atoms with Crippen molar-refractivity contribution in [1.82, 2.24) is 4.57 Å². The molecule has 0 atom stereocenters. The summed E-state index contributed by atoms with van der Waals surface area (Å²) in [5.41, 5.74) is 2.74. The minimum absolute atomic E-state index is 0.699. The summed E-state index contributed by atoms with van der Waals surface area (Å²) >= 11 is 0. The highest BCUT2D eigenvalue weighted by atomic mass is 16.5. The highest BCUT2D eigenvalue weighted by Gasteiger charge is 2.35. The Labute approximate surface area is 166 Å². The number of para-hydroxylation sites is 2. The van der Waals surface area contributed by atoms with Crippen LogP contribution in [0.3, 0.4) is 0 Å². The maximum absolute atomic E-state index is 10.3. The van der Waals surface area contributed by atoms with Crippen molar-refractivity contribution in [2.75, 3.05) is 0 Å². The van der Waals surface area contributed by atoms with Crippen LogP contribution in [0.1, 0.15) is 27.7 Å². The Hall–Kier alpha value is -2.56. The molecule has 0 unspecified atom stereocenters. The Kier molecular flexibility index (Phi) is 4.57. The monoisotopic (exact) mass is 370 g/mol. The molecule has 3 aromatic carbocycles. The van der Waals surface area contributed by atoms with Gasteiger partial charge in [0.25, 0.3) is 0 Å². The van der Waals surface area contributed by atoms with E-state index in [1.54, 1.807) is 21.3 Å². The molecule has 4 rings (SSSR count).